The lowest BCUT2D eigenvalue weighted by molar-refractivity contribution is 0.122. The van der Waals surface area contributed by atoms with Crippen LogP contribution in [0.1, 0.15) is 6.92 Å². The van der Waals surface area contributed by atoms with Crippen LogP contribution >= 0.6 is 0 Å². The number of nitrogens with two attached hydrogens (primary N) is 1. The van der Waals surface area contributed by atoms with Crippen LogP contribution in [0.3, 0.4) is 0 Å². The summed E-state index contributed by atoms with van der Waals surface area (Å²) in [5.74, 6) is 0.923. The average molecular weight is 224 g/mol. The van der Waals surface area contributed by atoms with Gasteiger partial charge in [0.25, 0.3) is 5.56 Å². The lowest BCUT2D eigenvalue weighted by Gasteiger charge is -2.27. The monoisotopic (exact) mass is 224 g/mol. The van der Waals surface area contributed by atoms with Gasteiger partial charge in [0, 0.05) is 25.7 Å². The number of hydrogen-bond acceptors (Lipinski definition) is 5. The quantitative estimate of drug-likeness (QED) is 0.745. The fourth-order valence-electron chi connectivity index (χ4n) is 1.78. The molecular formula is C10H16N4O2. The summed E-state index contributed by atoms with van der Waals surface area (Å²) in [4.78, 5) is 18.0. The van der Waals surface area contributed by atoms with Gasteiger partial charge >= 0.3 is 0 Å². The van der Waals surface area contributed by atoms with Gasteiger partial charge < -0.3 is 15.4 Å². The predicted octanol–water partition coefficient (Wildman–Crippen LogP) is -0.318. The summed E-state index contributed by atoms with van der Waals surface area (Å²) in [6, 6.07) is 1.53. The molecule has 1 fully saturated rings. The Kier molecular flexibility index (Phi) is 3.09. The third-order valence-corrected chi connectivity index (χ3v) is 2.68. The van der Waals surface area contributed by atoms with Gasteiger partial charge in [0.2, 0.25) is 5.95 Å². The van der Waals surface area contributed by atoms with Gasteiger partial charge in [-0.15, -0.1) is 0 Å². The summed E-state index contributed by atoms with van der Waals surface area (Å²) in [5, 5.41) is 0. The first-order valence-corrected chi connectivity index (χ1v) is 5.42. The van der Waals surface area contributed by atoms with Crippen molar-refractivity contribution in [3.63, 3.8) is 0 Å². The van der Waals surface area contributed by atoms with Crippen molar-refractivity contribution in [3.8, 4) is 0 Å². The molecule has 0 aromatic carbocycles. The Balaban J connectivity index is 2.31. The minimum atomic E-state index is -0.100. The molecule has 0 atom stereocenters. The van der Waals surface area contributed by atoms with Crippen LogP contribution in [0.4, 0.5) is 11.8 Å². The Bertz CT molecular complexity index is 423. The molecule has 1 saturated heterocycles. The summed E-state index contributed by atoms with van der Waals surface area (Å²) < 4.78 is 6.69. The third kappa shape index (κ3) is 2.01. The largest absolute Gasteiger partial charge is 0.378 e. The Labute approximate surface area is 93.6 Å². The van der Waals surface area contributed by atoms with Crippen LogP contribution in [0.15, 0.2) is 10.9 Å². The first-order valence-electron chi connectivity index (χ1n) is 5.42. The highest BCUT2D eigenvalue weighted by atomic mass is 16.5. The number of nitrogens with zero attached hydrogens (tertiary/aromatic N) is 3. The predicted molar refractivity (Wildman–Crippen MR) is 61.6 cm³/mol. The van der Waals surface area contributed by atoms with Gasteiger partial charge in [-0.1, -0.05) is 0 Å². The van der Waals surface area contributed by atoms with Gasteiger partial charge in [0.05, 0.1) is 13.2 Å². The number of hydrogen-bond donors (Lipinski definition) is 1. The lowest BCUT2D eigenvalue weighted by Crippen LogP contribution is -2.38. The van der Waals surface area contributed by atoms with Crippen LogP contribution < -0.4 is 16.2 Å². The van der Waals surface area contributed by atoms with E-state index in [1.54, 1.807) is 0 Å². The van der Waals surface area contributed by atoms with Crippen LogP contribution in [0.5, 0.6) is 0 Å². The molecule has 2 N–H and O–H groups in total. The van der Waals surface area contributed by atoms with Crippen molar-refractivity contribution in [2.24, 2.45) is 0 Å². The molecule has 1 aromatic heterocycles. The maximum Gasteiger partial charge on any atom is 0.256 e. The van der Waals surface area contributed by atoms with Gasteiger partial charge in [-0.2, -0.15) is 4.98 Å². The van der Waals surface area contributed by atoms with Gasteiger partial charge in [0.15, 0.2) is 0 Å². The van der Waals surface area contributed by atoms with E-state index in [0.29, 0.717) is 25.6 Å². The molecule has 0 aliphatic carbocycles. The van der Waals surface area contributed by atoms with E-state index in [2.05, 4.69) is 4.98 Å². The maximum absolute atomic E-state index is 11.7. The molecule has 0 amide bonds. The third-order valence-electron chi connectivity index (χ3n) is 2.68. The van der Waals surface area contributed by atoms with Crippen molar-refractivity contribution in [1.29, 1.82) is 0 Å². The topological polar surface area (TPSA) is 73.4 Å². The first-order chi connectivity index (χ1) is 7.72. The molecule has 6 heteroatoms. The summed E-state index contributed by atoms with van der Waals surface area (Å²) in [6.45, 7) is 5.25. The Morgan fingerprint density at radius 2 is 2.19 bits per heavy atom. The summed E-state index contributed by atoms with van der Waals surface area (Å²) >= 11 is 0. The Hall–Kier alpha value is -1.56. The van der Waals surface area contributed by atoms with Crippen LogP contribution in [-0.4, -0.2) is 35.9 Å². The molecule has 0 radical (unpaired) electrons. The van der Waals surface area contributed by atoms with Crippen molar-refractivity contribution in [2.45, 2.75) is 13.5 Å². The van der Waals surface area contributed by atoms with Crippen molar-refractivity contribution in [1.82, 2.24) is 9.55 Å². The molecular weight excluding hydrogens is 208 g/mol. The Morgan fingerprint density at radius 3 is 2.75 bits per heavy atom. The number of anilines is 2. The smallest absolute Gasteiger partial charge is 0.256 e. The molecule has 88 valence electrons. The number of rotatable bonds is 2. The summed E-state index contributed by atoms with van der Waals surface area (Å²) in [5.41, 5.74) is 5.63. The highest BCUT2D eigenvalue weighted by Gasteiger charge is 2.14. The van der Waals surface area contributed by atoms with Crippen molar-refractivity contribution in [2.75, 3.05) is 36.9 Å². The minimum absolute atomic E-state index is 0.100. The van der Waals surface area contributed by atoms with E-state index in [1.807, 2.05) is 11.8 Å². The molecule has 2 heterocycles. The molecule has 0 unspecified atom stereocenters. The second-order valence-corrected chi connectivity index (χ2v) is 3.65. The first kappa shape index (κ1) is 10.9. The number of ether oxygens (including phenoxy) is 1. The standard InChI is InChI=1S/C10H16N4O2/c1-2-14-9(15)7-8(12-10(14)11)13-3-5-16-6-4-13/h7H,2-6H2,1H3,(H2,11,12). The average Bonchev–Trinajstić information content (AvgIpc) is 2.30. The molecule has 1 aromatic rings. The van der Waals surface area contributed by atoms with E-state index in [9.17, 15) is 4.79 Å². The van der Waals surface area contributed by atoms with Gasteiger partial charge in [0.1, 0.15) is 5.82 Å². The van der Waals surface area contributed by atoms with Crippen LogP contribution in [0.2, 0.25) is 0 Å². The minimum Gasteiger partial charge on any atom is -0.378 e. The van der Waals surface area contributed by atoms with Crippen LogP contribution in [-0.2, 0) is 11.3 Å². The second kappa shape index (κ2) is 4.52. The zero-order valence-corrected chi connectivity index (χ0v) is 9.35. The number of morpholine rings is 1. The highest BCUT2D eigenvalue weighted by molar-refractivity contribution is 5.41. The van der Waals surface area contributed by atoms with Gasteiger partial charge in [-0.05, 0) is 6.92 Å². The molecule has 1 aliphatic rings. The zero-order valence-electron chi connectivity index (χ0n) is 9.35. The summed E-state index contributed by atoms with van der Waals surface area (Å²) in [6.07, 6.45) is 0. The highest BCUT2D eigenvalue weighted by Crippen LogP contribution is 2.11. The molecule has 2 rings (SSSR count). The van der Waals surface area contributed by atoms with E-state index in [-0.39, 0.29) is 11.5 Å². The van der Waals surface area contributed by atoms with Gasteiger partial charge in [-0.25, -0.2) is 0 Å². The molecule has 6 nitrogen and oxygen atoms in total. The fourth-order valence-corrected chi connectivity index (χ4v) is 1.78. The second-order valence-electron chi connectivity index (χ2n) is 3.65. The Morgan fingerprint density at radius 1 is 1.50 bits per heavy atom. The van der Waals surface area contributed by atoms with Crippen molar-refractivity contribution in [3.05, 3.63) is 16.4 Å². The molecule has 16 heavy (non-hydrogen) atoms. The van der Waals surface area contributed by atoms with Crippen molar-refractivity contribution >= 4 is 11.8 Å². The van der Waals surface area contributed by atoms with Crippen molar-refractivity contribution < 1.29 is 4.74 Å². The fraction of sp³-hybridized carbons (Fsp3) is 0.600. The van der Waals surface area contributed by atoms with E-state index in [1.165, 1.54) is 10.6 Å². The SMILES string of the molecule is CCn1c(N)nc(N2CCOCC2)cc1=O. The van der Waals surface area contributed by atoms with E-state index < -0.39 is 0 Å². The van der Waals surface area contributed by atoms with Crippen LogP contribution in [0, 0.1) is 0 Å². The summed E-state index contributed by atoms with van der Waals surface area (Å²) in [7, 11) is 0. The molecule has 0 spiro atoms. The molecule has 0 bridgehead atoms. The number of nitrogen functional groups attached to an aromatic ring is 1. The molecule has 0 saturated carbocycles. The van der Waals surface area contributed by atoms with Crippen LogP contribution in [0.25, 0.3) is 0 Å². The maximum atomic E-state index is 11.7. The van der Waals surface area contributed by atoms with E-state index in [4.69, 9.17) is 10.5 Å². The van der Waals surface area contributed by atoms with E-state index in [0.717, 1.165) is 13.1 Å². The number of aromatic nitrogens is 2. The van der Waals surface area contributed by atoms with Gasteiger partial charge in [-0.3, -0.25) is 9.36 Å². The lowest BCUT2D eigenvalue weighted by atomic mass is 10.4. The molecule has 1 aliphatic heterocycles. The van der Waals surface area contributed by atoms with E-state index >= 15 is 0 Å². The normalized spacial score (nSPS) is 16.4. The zero-order chi connectivity index (χ0) is 11.5.